The second-order valence-corrected chi connectivity index (χ2v) is 5.13. The van der Waals surface area contributed by atoms with Crippen LogP contribution in [0.4, 0.5) is 13.6 Å². The lowest BCUT2D eigenvalue weighted by atomic mass is 9.85. The molecule has 0 aromatic heterocycles. The third-order valence-electron chi connectivity index (χ3n) is 2.71. The number of rotatable bonds is 0. The number of hydrogen-bond donors (Lipinski definition) is 2. The van der Waals surface area contributed by atoms with Gasteiger partial charge in [-0.2, -0.15) is 8.78 Å². The van der Waals surface area contributed by atoms with E-state index in [4.69, 9.17) is 5.11 Å². The highest BCUT2D eigenvalue weighted by Gasteiger charge is 2.53. The highest BCUT2D eigenvalue weighted by atomic mass is 19.3. The number of hydrogen-bond acceptors (Lipinski definition) is 2. The molecule has 1 atom stereocenters. The highest BCUT2D eigenvalue weighted by Crippen LogP contribution is 2.36. The second-order valence-electron chi connectivity index (χ2n) is 5.13. The van der Waals surface area contributed by atoms with Crippen molar-refractivity contribution in [3.05, 3.63) is 0 Å². The lowest BCUT2D eigenvalue weighted by Crippen LogP contribution is -2.60. The molecule has 0 saturated carbocycles. The number of nitrogens with one attached hydrogen (secondary N) is 1. The molecule has 2 N–H and O–H groups in total. The standard InChI is InChI=1S/C10H18F2N2O2/c1-9(2,3)7-10(11,12)14(8(15)16)6-4-5-13-7/h7,13H,4-6H2,1-3H3,(H,15,16). The topological polar surface area (TPSA) is 52.6 Å². The molecule has 1 aliphatic heterocycles. The summed E-state index contributed by atoms with van der Waals surface area (Å²) in [7, 11) is 0. The summed E-state index contributed by atoms with van der Waals surface area (Å²) in [4.78, 5) is 11.1. The van der Waals surface area contributed by atoms with Crippen LogP contribution in [0.3, 0.4) is 0 Å². The van der Waals surface area contributed by atoms with Gasteiger partial charge in [-0.3, -0.25) is 0 Å². The molecule has 94 valence electrons. The van der Waals surface area contributed by atoms with Gasteiger partial charge in [-0.15, -0.1) is 0 Å². The van der Waals surface area contributed by atoms with Crippen molar-refractivity contribution >= 4 is 6.09 Å². The average molecular weight is 236 g/mol. The first-order valence-corrected chi connectivity index (χ1v) is 5.29. The zero-order valence-corrected chi connectivity index (χ0v) is 9.76. The van der Waals surface area contributed by atoms with Gasteiger partial charge >= 0.3 is 12.1 Å². The van der Waals surface area contributed by atoms with Crippen LogP contribution in [-0.2, 0) is 0 Å². The Balaban J connectivity index is 3.04. The molecular weight excluding hydrogens is 218 g/mol. The van der Waals surface area contributed by atoms with E-state index in [1.807, 2.05) is 0 Å². The van der Waals surface area contributed by atoms with Crippen LogP contribution >= 0.6 is 0 Å². The maximum absolute atomic E-state index is 14.0. The smallest absolute Gasteiger partial charge is 0.411 e. The fourth-order valence-electron chi connectivity index (χ4n) is 1.96. The van der Waals surface area contributed by atoms with E-state index in [9.17, 15) is 13.6 Å². The van der Waals surface area contributed by atoms with E-state index in [2.05, 4.69) is 5.32 Å². The first-order valence-electron chi connectivity index (χ1n) is 5.29. The lowest BCUT2D eigenvalue weighted by molar-refractivity contribution is -0.165. The molecule has 0 aromatic carbocycles. The van der Waals surface area contributed by atoms with Crippen molar-refractivity contribution in [1.82, 2.24) is 10.2 Å². The fraction of sp³-hybridized carbons (Fsp3) is 0.900. The predicted molar refractivity (Wildman–Crippen MR) is 55.5 cm³/mol. The summed E-state index contributed by atoms with van der Waals surface area (Å²) >= 11 is 0. The third kappa shape index (κ3) is 2.42. The summed E-state index contributed by atoms with van der Waals surface area (Å²) in [5.74, 6) is 0. The molecule has 0 aromatic rings. The number of carbonyl (C=O) groups is 1. The Hall–Kier alpha value is -0.910. The van der Waals surface area contributed by atoms with E-state index >= 15 is 0 Å². The van der Waals surface area contributed by atoms with Crippen LogP contribution < -0.4 is 5.32 Å². The number of carboxylic acid groups (broad SMARTS) is 1. The molecule has 0 bridgehead atoms. The largest absolute Gasteiger partial charge is 0.465 e. The van der Waals surface area contributed by atoms with Crippen LogP contribution in [0.5, 0.6) is 0 Å². The van der Waals surface area contributed by atoms with Crippen molar-refractivity contribution < 1.29 is 18.7 Å². The Bertz CT molecular complexity index is 276. The molecule has 1 aliphatic rings. The summed E-state index contributed by atoms with van der Waals surface area (Å²) in [6.07, 6.45) is -1.17. The van der Waals surface area contributed by atoms with Crippen molar-refractivity contribution in [1.29, 1.82) is 0 Å². The predicted octanol–water partition coefficient (Wildman–Crippen LogP) is 1.97. The summed E-state index contributed by atoms with van der Waals surface area (Å²) in [5.41, 5.74) is -0.707. The van der Waals surface area contributed by atoms with Gasteiger partial charge < -0.3 is 10.4 Å². The minimum Gasteiger partial charge on any atom is -0.465 e. The zero-order valence-electron chi connectivity index (χ0n) is 9.76. The Morgan fingerprint density at radius 3 is 2.50 bits per heavy atom. The van der Waals surface area contributed by atoms with E-state index in [1.165, 1.54) is 0 Å². The van der Waals surface area contributed by atoms with Gasteiger partial charge in [-0.05, 0) is 18.4 Å². The van der Waals surface area contributed by atoms with Gasteiger partial charge in [-0.1, -0.05) is 20.8 Å². The van der Waals surface area contributed by atoms with Crippen molar-refractivity contribution in [3.8, 4) is 0 Å². The van der Waals surface area contributed by atoms with Gasteiger partial charge in [0.1, 0.15) is 0 Å². The monoisotopic (exact) mass is 236 g/mol. The number of amides is 1. The highest BCUT2D eigenvalue weighted by molar-refractivity contribution is 5.65. The van der Waals surface area contributed by atoms with Gasteiger partial charge in [0.25, 0.3) is 0 Å². The summed E-state index contributed by atoms with van der Waals surface area (Å²) in [6.45, 7) is 5.28. The van der Waals surface area contributed by atoms with E-state index < -0.39 is 23.6 Å². The summed E-state index contributed by atoms with van der Waals surface area (Å²) in [5, 5.41) is 11.5. The van der Waals surface area contributed by atoms with Crippen molar-refractivity contribution in [3.63, 3.8) is 0 Å². The average Bonchev–Trinajstić information content (AvgIpc) is 2.21. The Morgan fingerprint density at radius 2 is 2.06 bits per heavy atom. The SMILES string of the molecule is CC(C)(C)C1NCCCN(C(=O)O)C1(F)F. The second kappa shape index (κ2) is 4.16. The molecule has 1 heterocycles. The maximum Gasteiger partial charge on any atom is 0.411 e. The molecule has 6 heteroatoms. The van der Waals surface area contributed by atoms with E-state index in [-0.39, 0.29) is 11.4 Å². The molecule has 0 aliphatic carbocycles. The first kappa shape index (κ1) is 13.2. The minimum absolute atomic E-state index is 0.137. The van der Waals surface area contributed by atoms with Crippen LogP contribution in [0.2, 0.25) is 0 Å². The lowest BCUT2D eigenvalue weighted by Gasteiger charge is -2.39. The number of halogens is 2. The van der Waals surface area contributed by atoms with Gasteiger partial charge in [0.15, 0.2) is 0 Å². The van der Waals surface area contributed by atoms with Crippen LogP contribution in [0.25, 0.3) is 0 Å². The van der Waals surface area contributed by atoms with Gasteiger partial charge in [-0.25, -0.2) is 9.69 Å². The van der Waals surface area contributed by atoms with Crippen LogP contribution in [0.1, 0.15) is 27.2 Å². The molecule has 1 saturated heterocycles. The molecule has 4 nitrogen and oxygen atoms in total. The minimum atomic E-state index is -3.37. The van der Waals surface area contributed by atoms with Gasteiger partial charge in [0, 0.05) is 6.54 Å². The van der Waals surface area contributed by atoms with E-state index in [0.717, 1.165) is 0 Å². The maximum atomic E-state index is 14.0. The normalized spacial score (nSPS) is 26.3. The molecule has 1 amide bonds. The Kier molecular flexibility index (Phi) is 3.42. The zero-order chi connectivity index (χ0) is 12.6. The molecular formula is C10H18F2N2O2. The van der Waals surface area contributed by atoms with E-state index in [0.29, 0.717) is 13.0 Å². The van der Waals surface area contributed by atoms with Crippen molar-refractivity contribution in [2.45, 2.75) is 39.3 Å². The molecule has 0 spiro atoms. The van der Waals surface area contributed by atoms with Crippen LogP contribution in [-0.4, -0.2) is 41.3 Å². The van der Waals surface area contributed by atoms with E-state index in [1.54, 1.807) is 20.8 Å². The summed E-state index contributed by atoms with van der Waals surface area (Å²) < 4.78 is 28.0. The van der Waals surface area contributed by atoms with Crippen molar-refractivity contribution in [2.24, 2.45) is 5.41 Å². The molecule has 1 unspecified atom stereocenters. The van der Waals surface area contributed by atoms with Gasteiger partial charge in [0.2, 0.25) is 0 Å². The quantitative estimate of drug-likeness (QED) is 0.632. The summed E-state index contributed by atoms with van der Waals surface area (Å²) in [6, 6.07) is -4.54. The third-order valence-corrected chi connectivity index (χ3v) is 2.71. The molecule has 16 heavy (non-hydrogen) atoms. The van der Waals surface area contributed by atoms with Gasteiger partial charge in [0.05, 0.1) is 6.04 Å². The van der Waals surface area contributed by atoms with Crippen LogP contribution in [0.15, 0.2) is 0 Å². The molecule has 1 fully saturated rings. The Morgan fingerprint density at radius 1 is 1.50 bits per heavy atom. The number of alkyl halides is 2. The molecule has 1 rings (SSSR count). The van der Waals surface area contributed by atoms with Crippen LogP contribution in [0, 0.1) is 5.41 Å². The Labute approximate surface area is 93.6 Å². The molecule has 0 radical (unpaired) electrons. The van der Waals surface area contributed by atoms with Crippen molar-refractivity contribution in [2.75, 3.05) is 13.1 Å². The first-order chi connectivity index (χ1) is 7.17. The fourth-order valence-corrected chi connectivity index (χ4v) is 1.96. The number of nitrogens with zero attached hydrogens (tertiary/aromatic N) is 1.